The van der Waals surface area contributed by atoms with E-state index in [0.717, 1.165) is 0 Å². The Labute approximate surface area is 62.2 Å². The zero-order valence-corrected chi connectivity index (χ0v) is 5.76. The van der Waals surface area contributed by atoms with Gasteiger partial charge in [0.15, 0.2) is 0 Å². The van der Waals surface area contributed by atoms with Gasteiger partial charge in [0.2, 0.25) is 0 Å². The molecule has 1 rings (SSSR count). The van der Waals surface area contributed by atoms with Crippen molar-refractivity contribution in [3.05, 3.63) is 0 Å². The Morgan fingerprint density at radius 3 is 2.00 bits per heavy atom. The number of carbonyl (C=O) groups is 1. The molecule has 1 fully saturated rings. The Morgan fingerprint density at radius 1 is 1.45 bits per heavy atom. The van der Waals surface area contributed by atoms with E-state index in [4.69, 9.17) is 10.8 Å². The molecule has 5 heteroatoms. The van der Waals surface area contributed by atoms with Crippen molar-refractivity contribution in [1.29, 1.82) is 0 Å². The first-order valence-corrected chi connectivity index (χ1v) is 3.26. The van der Waals surface area contributed by atoms with Crippen LogP contribution < -0.4 is 5.73 Å². The predicted molar refractivity (Wildman–Crippen MR) is 33.6 cm³/mol. The largest absolute Gasteiger partial charge is 0.480 e. The summed E-state index contributed by atoms with van der Waals surface area (Å²) in [4.78, 5) is 10.4. The van der Waals surface area contributed by atoms with E-state index in [9.17, 15) is 13.6 Å². The SMILES string of the molecule is N[C@@]1(C(=O)O)C[C@@H](F)[C@H]([18F])C1. The summed E-state index contributed by atoms with van der Waals surface area (Å²) in [6.45, 7) is 0. The monoisotopic (exact) mass is 164 g/mol. The lowest BCUT2D eigenvalue weighted by molar-refractivity contribution is -0.143. The third-order valence-corrected chi connectivity index (χ3v) is 1.94. The van der Waals surface area contributed by atoms with Crippen molar-refractivity contribution >= 4 is 5.97 Å². The fourth-order valence-electron chi connectivity index (χ4n) is 1.21. The fraction of sp³-hybridized carbons (Fsp3) is 0.833. The zero-order chi connectivity index (χ0) is 8.65. The molecule has 11 heavy (non-hydrogen) atoms. The molecule has 3 atom stereocenters. The third-order valence-electron chi connectivity index (χ3n) is 1.94. The highest BCUT2D eigenvalue weighted by Gasteiger charge is 2.48. The molecule has 64 valence electrons. The maximum absolute atomic E-state index is 12.5. The lowest BCUT2D eigenvalue weighted by atomic mass is 10.00. The van der Waals surface area contributed by atoms with E-state index < -0.39 is 36.7 Å². The van der Waals surface area contributed by atoms with Gasteiger partial charge in [-0.05, 0) is 0 Å². The molecule has 0 aromatic heterocycles. The van der Waals surface area contributed by atoms with E-state index in [-0.39, 0.29) is 0 Å². The van der Waals surface area contributed by atoms with E-state index >= 15 is 0 Å². The van der Waals surface area contributed by atoms with Gasteiger partial charge < -0.3 is 10.8 Å². The molecule has 0 amide bonds. The van der Waals surface area contributed by atoms with Crippen LogP contribution in [-0.4, -0.2) is 29.0 Å². The van der Waals surface area contributed by atoms with Crippen LogP contribution in [0.15, 0.2) is 0 Å². The minimum atomic E-state index is -1.73. The van der Waals surface area contributed by atoms with Gasteiger partial charge in [0, 0.05) is 12.8 Å². The number of hydrogen-bond donors (Lipinski definition) is 2. The van der Waals surface area contributed by atoms with Crippen LogP contribution in [0.2, 0.25) is 0 Å². The van der Waals surface area contributed by atoms with Crippen LogP contribution in [0.1, 0.15) is 12.8 Å². The number of halogens is 2. The molecule has 1 saturated carbocycles. The van der Waals surface area contributed by atoms with Crippen molar-refractivity contribution in [2.45, 2.75) is 30.7 Å². The number of carboxylic acids is 1. The number of aliphatic carboxylic acids is 1. The number of nitrogens with two attached hydrogens (primary N) is 1. The van der Waals surface area contributed by atoms with Crippen LogP contribution in [0.25, 0.3) is 0 Å². The molecule has 0 aromatic carbocycles. The summed E-state index contributed by atoms with van der Waals surface area (Å²) in [5.74, 6) is -1.33. The Balaban J connectivity index is 2.71. The van der Waals surface area contributed by atoms with Gasteiger partial charge in [-0.25, -0.2) is 8.78 Å². The van der Waals surface area contributed by atoms with Gasteiger partial charge in [-0.3, -0.25) is 4.79 Å². The van der Waals surface area contributed by atoms with E-state index in [2.05, 4.69) is 0 Å². The second-order valence-corrected chi connectivity index (χ2v) is 2.90. The molecule has 0 unspecified atom stereocenters. The quantitative estimate of drug-likeness (QED) is 0.583. The third kappa shape index (κ3) is 1.33. The second kappa shape index (κ2) is 2.41. The molecule has 1 aliphatic rings. The average molecular weight is 164 g/mol. The van der Waals surface area contributed by atoms with Gasteiger partial charge in [0.1, 0.15) is 17.9 Å². The predicted octanol–water partition coefficient (Wildman–Crippen LogP) is 0.238. The minimum Gasteiger partial charge on any atom is -0.480 e. The average Bonchev–Trinajstić information content (AvgIpc) is 2.09. The number of alkyl halides is 2. The smallest absolute Gasteiger partial charge is 0.323 e. The molecule has 3 N–H and O–H groups in total. The van der Waals surface area contributed by atoms with E-state index in [1.807, 2.05) is 0 Å². The van der Waals surface area contributed by atoms with Crippen LogP contribution >= 0.6 is 0 Å². The fourth-order valence-corrected chi connectivity index (χ4v) is 1.21. The first kappa shape index (κ1) is 8.39. The lowest BCUT2D eigenvalue weighted by Crippen LogP contribution is -2.45. The van der Waals surface area contributed by atoms with Crippen LogP contribution in [0.5, 0.6) is 0 Å². The number of hydrogen-bond acceptors (Lipinski definition) is 2. The van der Waals surface area contributed by atoms with Gasteiger partial charge in [-0.1, -0.05) is 0 Å². The first-order chi connectivity index (χ1) is 4.96. The van der Waals surface area contributed by atoms with Gasteiger partial charge >= 0.3 is 5.97 Å². The molecule has 0 heterocycles. The minimum absolute atomic E-state index is 0.427. The lowest BCUT2D eigenvalue weighted by Gasteiger charge is -2.15. The van der Waals surface area contributed by atoms with Crippen molar-refractivity contribution in [1.82, 2.24) is 0 Å². The maximum atomic E-state index is 12.5. The molecule has 0 aliphatic heterocycles. The number of carboxylic acid groups (broad SMARTS) is 1. The summed E-state index contributed by atoms with van der Waals surface area (Å²) in [5.41, 5.74) is 3.51. The van der Waals surface area contributed by atoms with Crippen LogP contribution in [0.3, 0.4) is 0 Å². The van der Waals surface area contributed by atoms with Gasteiger partial charge in [0.25, 0.3) is 0 Å². The highest BCUT2D eigenvalue weighted by Crippen LogP contribution is 2.32. The van der Waals surface area contributed by atoms with Crippen molar-refractivity contribution in [3.8, 4) is 0 Å². The summed E-state index contributed by atoms with van der Waals surface area (Å²) in [7, 11) is 0. The second-order valence-electron chi connectivity index (χ2n) is 2.90. The molecular formula is C6H9F2NO2. The molecule has 0 bridgehead atoms. The first-order valence-electron chi connectivity index (χ1n) is 3.26. The van der Waals surface area contributed by atoms with Crippen LogP contribution in [-0.2, 0) is 4.79 Å². The highest BCUT2D eigenvalue weighted by molar-refractivity contribution is 5.79. The van der Waals surface area contributed by atoms with Crippen LogP contribution in [0.4, 0.5) is 8.78 Å². The van der Waals surface area contributed by atoms with Crippen molar-refractivity contribution in [3.63, 3.8) is 0 Å². The van der Waals surface area contributed by atoms with Crippen molar-refractivity contribution < 1.29 is 18.7 Å². The van der Waals surface area contributed by atoms with Crippen molar-refractivity contribution in [2.75, 3.05) is 0 Å². The molecule has 0 spiro atoms. The highest BCUT2D eigenvalue weighted by atomic mass is 19.1. The van der Waals surface area contributed by atoms with Gasteiger partial charge in [-0.2, -0.15) is 0 Å². The normalized spacial score (nSPS) is 44.3. The topological polar surface area (TPSA) is 63.3 Å². The Morgan fingerprint density at radius 2 is 1.82 bits per heavy atom. The van der Waals surface area contributed by atoms with E-state index in [0.29, 0.717) is 0 Å². The summed E-state index contributed by atoms with van der Waals surface area (Å²) in [6.07, 6.45) is -4.31. The van der Waals surface area contributed by atoms with Crippen molar-refractivity contribution in [2.24, 2.45) is 5.73 Å². The molecule has 1 aliphatic carbocycles. The molecular weight excluding hydrogens is 155 g/mol. The van der Waals surface area contributed by atoms with Crippen LogP contribution in [0, 0.1) is 0 Å². The van der Waals surface area contributed by atoms with E-state index in [1.54, 1.807) is 0 Å². The zero-order valence-electron chi connectivity index (χ0n) is 5.76. The Hall–Kier alpha value is -0.710. The summed E-state index contributed by atoms with van der Waals surface area (Å²) in [6, 6.07) is 0. The summed E-state index contributed by atoms with van der Waals surface area (Å²) < 4.78 is 24.9. The summed E-state index contributed by atoms with van der Waals surface area (Å²) in [5, 5.41) is 8.45. The molecule has 0 radical (unpaired) electrons. The summed E-state index contributed by atoms with van der Waals surface area (Å²) >= 11 is 0. The Kier molecular flexibility index (Phi) is 1.83. The maximum Gasteiger partial charge on any atom is 0.323 e. The van der Waals surface area contributed by atoms with E-state index in [1.165, 1.54) is 0 Å². The molecule has 3 nitrogen and oxygen atoms in total. The Bertz CT molecular complexity index is 175. The molecule has 0 saturated heterocycles. The molecule has 0 aromatic rings. The standard InChI is InChI=1S/C6H9F2NO2/c7-3-1-6(9,5(10)11)2-4(3)8/h3-4H,1-2,9H2,(H,10,11)/t3-,4-/m1/s1/i7-1/t3-,4-,6-. The number of rotatable bonds is 1. The van der Waals surface area contributed by atoms with Gasteiger partial charge in [0.05, 0.1) is 0 Å². The van der Waals surface area contributed by atoms with Gasteiger partial charge in [-0.15, -0.1) is 0 Å².